The van der Waals surface area contributed by atoms with Gasteiger partial charge in [-0.1, -0.05) is 24.3 Å². The van der Waals surface area contributed by atoms with Crippen LogP contribution < -0.4 is 4.74 Å². The third-order valence-electron chi connectivity index (χ3n) is 3.80. The van der Waals surface area contributed by atoms with Gasteiger partial charge < -0.3 is 9.72 Å². The van der Waals surface area contributed by atoms with Crippen molar-refractivity contribution in [2.45, 2.75) is 0 Å². The highest BCUT2D eigenvalue weighted by Crippen LogP contribution is 2.35. The molecule has 0 amide bonds. The fourth-order valence-electron chi connectivity index (χ4n) is 2.69. The van der Waals surface area contributed by atoms with Gasteiger partial charge >= 0.3 is 0 Å². The zero-order valence-electron chi connectivity index (χ0n) is 13.0. The Hall–Kier alpha value is -3.67. The van der Waals surface area contributed by atoms with Gasteiger partial charge in [0, 0.05) is 11.6 Å². The molecule has 0 spiro atoms. The Labute approximate surface area is 142 Å². The molecule has 6 heteroatoms. The Morgan fingerprint density at radius 2 is 1.76 bits per heavy atom. The summed E-state index contributed by atoms with van der Waals surface area (Å²) in [4.78, 5) is 18.4. The number of para-hydroxylation sites is 1. The standard InChI is InChI=1S/C19H13N3O3/c23-22(24)18-12-15(25-14-6-2-1-3-7-14)10-13-11-17(21-19(13)18)16-8-4-5-9-20-16/h1-12,21H. The Balaban J connectivity index is 1.83. The summed E-state index contributed by atoms with van der Waals surface area (Å²) in [7, 11) is 0. The Kier molecular flexibility index (Phi) is 3.63. The fourth-order valence-corrected chi connectivity index (χ4v) is 2.69. The predicted octanol–water partition coefficient (Wildman–Crippen LogP) is 4.93. The molecular formula is C19H13N3O3. The number of fused-ring (bicyclic) bond motifs is 1. The zero-order valence-corrected chi connectivity index (χ0v) is 13.0. The zero-order chi connectivity index (χ0) is 17.2. The maximum absolute atomic E-state index is 11.5. The van der Waals surface area contributed by atoms with Crippen LogP contribution in [0.4, 0.5) is 5.69 Å². The summed E-state index contributed by atoms with van der Waals surface area (Å²) in [6.07, 6.45) is 1.68. The fraction of sp³-hybridized carbons (Fsp3) is 0. The molecule has 4 aromatic rings. The highest BCUT2D eigenvalue weighted by Gasteiger charge is 2.18. The molecule has 25 heavy (non-hydrogen) atoms. The Morgan fingerprint density at radius 3 is 2.48 bits per heavy atom. The van der Waals surface area contributed by atoms with E-state index in [1.165, 1.54) is 6.07 Å². The number of nitrogens with zero attached hydrogens (tertiary/aromatic N) is 2. The summed E-state index contributed by atoms with van der Waals surface area (Å²) in [5.41, 5.74) is 1.85. The molecule has 0 aliphatic carbocycles. The minimum Gasteiger partial charge on any atom is -0.457 e. The number of aromatic nitrogens is 2. The van der Waals surface area contributed by atoms with Gasteiger partial charge in [0.15, 0.2) is 0 Å². The first kappa shape index (κ1) is 14.9. The Bertz CT molecular complexity index is 1040. The van der Waals surface area contributed by atoms with E-state index in [9.17, 15) is 10.1 Å². The van der Waals surface area contributed by atoms with Crippen LogP contribution in [0.15, 0.2) is 72.9 Å². The van der Waals surface area contributed by atoms with E-state index >= 15 is 0 Å². The topological polar surface area (TPSA) is 81.1 Å². The number of aromatic amines is 1. The van der Waals surface area contributed by atoms with Crippen molar-refractivity contribution in [2.75, 3.05) is 0 Å². The van der Waals surface area contributed by atoms with Crippen molar-refractivity contribution in [3.8, 4) is 22.9 Å². The van der Waals surface area contributed by atoms with Crippen LogP contribution in [0.5, 0.6) is 11.5 Å². The van der Waals surface area contributed by atoms with Crippen LogP contribution in [-0.2, 0) is 0 Å². The normalized spacial score (nSPS) is 10.7. The first-order chi connectivity index (χ1) is 12.2. The minimum atomic E-state index is -0.418. The van der Waals surface area contributed by atoms with E-state index in [1.807, 2.05) is 42.5 Å². The molecule has 0 aliphatic rings. The number of nitrogens with one attached hydrogen (secondary N) is 1. The summed E-state index contributed by atoms with van der Waals surface area (Å²) >= 11 is 0. The van der Waals surface area contributed by atoms with Crippen molar-refractivity contribution in [2.24, 2.45) is 0 Å². The monoisotopic (exact) mass is 331 g/mol. The predicted molar refractivity (Wildman–Crippen MR) is 94.7 cm³/mol. The number of H-pyrrole nitrogens is 1. The molecule has 0 saturated heterocycles. The lowest BCUT2D eigenvalue weighted by Gasteiger charge is -2.05. The molecule has 1 N–H and O–H groups in total. The third-order valence-corrected chi connectivity index (χ3v) is 3.80. The average Bonchev–Trinajstić information content (AvgIpc) is 3.06. The molecule has 2 aromatic heterocycles. The molecule has 6 nitrogen and oxygen atoms in total. The molecule has 0 atom stereocenters. The number of nitro benzene ring substituents is 1. The molecule has 0 saturated carbocycles. The lowest BCUT2D eigenvalue weighted by Crippen LogP contribution is -1.91. The van der Waals surface area contributed by atoms with E-state index in [0.29, 0.717) is 22.4 Å². The largest absolute Gasteiger partial charge is 0.457 e. The second-order valence-corrected chi connectivity index (χ2v) is 5.48. The van der Waals surface area contributed by atoms with Crippen LogP contribution in [0.2, 0.25) is 0 Å². The quantitative estimate of drug-likeness (QED) is 0.424. The van der Waals surface area contributed by atoms with Gasteiger partial charge in [-0.3, -0.25) is 15.1 Å². The van der Waals surface area contributed by atoms with Crippen molar-refractivity contribution in [3.63, 3.8) is 0 Å². The van der Waals surface area contributed by atoms with Crippen LogP contribution in [0.1, 0.15) is 0 Å². The van der Waals surface area contributed by atoms with E-state index in [4.69, 9.17) is 4.74 Å². The first-order valence-electron chi connectivity index (χ1n) is 7.66. The average molecular weight is 331 g/mol. The van der Waals surface area contributed by atoms with Crippen molar-refractivity contribution >= 4 is 16.6 Å². The molecule has 4 rings (SSSR count). The van der Waals surface area contributed by atoms with Crippen LogP contribution in [0, 0.1) is 10.1 Å². The van der Waals surface area contributed by atoms with Gasteiger partial charge in [0.1, 0.15) is 17.0 Å². The number of ether oxygens (including phenoxy) is 1. The second kappa shape index (κ2) is 6.09. The summed E-state index contributed by atoms with van der Waals surface area (Å²) < 4.78 is 5.76. The number of nitro groups is 1. The van der Waals surface area contributed by atoms with Crippen LogP contribution in [-0.4, -0.2) is 14.9 Å². The number of benzene rings is 2. The molecule has 0 unspecified atom stereocenters. The highest BCUT2D eigenvalue weighted by atomic mass is 16.6. The number of pyridine rings is 1. The van der Waals surface area contributed by atoms with E-state index in [2.05, 4.69) is 9.97 Å². The maximum atomic E-state index is 11.5. The van der Waals surface area contributed by atoms with E-state index < -0.39 is 4.92 Å². The van der Waals surface area contributed by atoms with Crippen molar-refractivity contribution in [3.05, 3.63) is 83.0 Å². The molecule has 0 radical (unpaired) electrons. The molecule has 0 aliphatic heterocycles. The molecule has 0 fully saturated rings. The highest BCUT2D eigenvalue weighted by molar-refractivity contribution is 5.93. The molecule has 2 aromatic carbocycles. The van der Waals surface area contributed by atoms with E-state index in [-0.39, 0.29) is 5.69 Å². The number of hydrogen-bond donors (Lipinski definition) is 1. The maximum Gasteiger partial charge on any atom is 0.297 e. The number of rotatable bonds is 4. The first-order valence-corrected chi connectivity index (χ1v) is 7.66. The molecule has 122 valence electrons. The van der Waals surface area contributed by atoms with Gasteiger partial charge in [0.25, 0.3) is 5.69 Å². The van der Waals surface area contributed by atoms with E-state index in [1.54, 1.807) is 24.4 Å². The molecule has 0 bridgehead atoms. The van der Waals surface area contributed by atoms with Gasteiger partial charge in [-0.2, -0.15) is 0 Å². The van der Waals surface area contributed by atoms with Crippen LogP contribution >= 0.6 is 0 Å². The third kappa shape index (κ3) is 2.92. The Morgan fingerprint density at radius 1 is 0.960 bits per heavy atom. The summed E-state index contributed by atoms with van der Waals surface area (Å²) in [6, 6.07) is 19.7. The second-order valence-electron chi connectivity index (χ2n) is 5.48. The van der Waals surface area contributed by atoms with Crippen molar-refractivity contribution in [1.29, 1.82) is 0 Å². The lowest BCUT2D eigenvalue weighted by atomic mass is 10.2. The van der Waals surface area contributed by atoms with Crippen molar-refractivity contribution < 1.29 is 9.66 Å². The molecular weight excluding hydrogens is 318 g/mol. The van der Waals surface area contributed by atoms with Gasteiger partial charge in [0.05, 0.1) is 22.4 Å². The van der Waals surface area contributed by atoms with Gasteiger partial charge in [-0.05, 0) is 36.4 Å². The van der Waals surface area contributed by atoms with Gasteiger partial charge in [-0.25, -0.2) is 0 Å². The summed E-state index contributed by atoms with van der Waals surface area (Å²) in [5, 5.41) is 12.2. The van der Waals surface area contributed by atoms with Crippen LogP contribution in [0.3, 0.4) is 0 Å². The molecule has 2 heterocycles. The van der Waals surface area contributed by atoms with E-state index in [0.717, 1.165) is 11.4 Å². The summed E-state index contributed by atoms with van der Waals surface area (Å²) in [6.45, 7) is 0. The van der Waals surface area contributed by atoms with Crippen LogP contribution in [0.25, 0.3) is 22.3 Å². The number of non-ortho nitro benzene ring substituents is 1. The lowest BCUT2D eigenvalue weighted by molar-refractivity contribution is -0.383. The SMILES string of the molecule is O=[N+]([O-])c1cc(Oc2ccccc2)cc2cc(-c3ccccn3)[nH]c12. The minimum absolute atomic E-state index is 0.0365. The summed E-state index contributed by atoms with van der Waals surface area (Å²) in [5.74, 6) is 1.04. The number of hydrogen-bond acceptors (Lipinski definition) is 4. The van der Waals surface area contributed by atoms with Gasteiger partial charge in [-0.15, -0.1) is 0 Å². The van der Waals surface area contributed by atoms with Gasteiger partial charge in [0.2, 0.25) is 0 Å². The smallest absolute Gasteiger partial charge is 0.297 e. The van der Waals surface area contributed by atoms with Crippen molar-refractivity contribution in [1.82, 2.24) is 9.97 Å².